The van der Waals surface area contributed by atoms with Gasteiger partial charge in [0, 0.05) is 12.3 Å². The zero-order chi connectivity index (χ0) is 22.8. The SMILES string of the molecule is CC(=O)O[C@H]1CC2C3(C)CCCC(C)(C)C3CCC2(C)C2CC=C(C=O)[C@H](C=O)C21C. The highest BCUT2D eigenvalue weighted by Gasteiger charge is 2.68. The first-order valence-electron chi connectivity index (χ1n) is 12.2. The van der Waals surface area contributed by atoms with E-state index in [1.165, 1.54) is 32.6 Å². The predicted molar refractivity (Wildman–Crippen MR) is 120 cm³/mol. The van der Waals surface area contributed by atoms with Gasteiger partial charge in [0.05, 0.1) is 5.92 Å². The maximum atomic E-state index is 12.3. The Morgan fingerprint density at radius 2 is 1.68 bits per heavy atom. The smallest absolute Gasteiger partial charge is 0.302 e. The molecule has 0 heterocycles. The van der Waals surface area contributed by atoms with Crippen LogP contribution in [0.3, 0.4) is 0 Å². The van der Waals surface area contributed by atoms with E-state index in [2.05, 4.69) is 34.6 Å². The van der Waals surface area contributed by atoms with Crippen molar-refractivity contribution in [3.63, 3.8) is 0 Å². The van der Waals surface area contributed by atoms with Crippen LogP contribution in [-0.4, -0.2) is 24.6 Å². The average molecular weight is 429 g/mol. The molecular formula is C27H40O4. The van der Waals surface area contributed by atoms with Crippen LogP contribution in [0.2, 0.25) is 0 Å². The summed E-state index contributed by atoms with van der Waals surface area (Å²) in [5, 5.41) is 0. The van der Waals surface area contributed by atoms with E-state index in [1.54, 1.807) is 0 Å². The maximum absolute atomic E-state index is 12.3. The van der Waals surface area contributed by atoms with E-state index >= 15 is 0 Å². The first-order valence-corrected chi connectivity index (χ1v) is 12.2. The van der Waals surface area contributed by atoms with Crippen LogP contribution in [0.15, 0.2) is 11.6 Å². The molecule has 3 saturated carbocycles. The summed E-state index contributed by atoms with van der Waals surface area (Å²) < 4.78 is 6.02. The summed E-state index contributed by atoms with van der Waals surface area (Å²) in [6.45, 7) is 13.4. The fraction of sp³-hybridized carbons (Fsp3) is 0.815. The molecule has 4 rings (SSSR count). The number of fused-ring (bicyclic) bond motifs is 5. The van der Waals surface area contributed by atoms with E-state index in [0.717, 1.165) is 31.8 Å². The molecule has 0 aromatic heterocycles. The van der Waals surface area contributed by atoms with Gasteiger partial charge in [0.15, 0.2) is 0 Å². The van der Waals surface area contributed by atoms with Gasteiger partial charge in [-0.25, -0.2) is 0 Å². The Kier molecular flexibility index (Phi) is 5.34. The second-order valence-corrected chi connectivity index (χ2v) is 12.4. The fourth-order valence-corrected chi connectivity index (χ4v) is 9.45. The van der Waals surface area contributed by atoms with Crippen LogP contribution < -0.4 is 0 Å². The Labute approximate surface area is 187 Å². The minimum Gasteiger partial charge on any atom is -0.462 e. The van der Waals surface area contributed by atoms with E-state index in [4.69, 9.17) is 4.74 Å². The molecule has 0 amide bonds. The van der Waals surface area contributed by atoms with Crippen LogP contribution in [0.1, 0.15) is 86.5 Å². The first kappa shape index (κ1) is 22.7. The largest absolute Gasteiger partial charge is 0.462 e. The molecule has 0 bridgehead atoms. The number of rotatable bonds is 3. The summed E-state index contributed by atoms with van der Waals surface area (Å²) in [6.07, 6.45) is 11.1. The summed E-state index contributed by atoms with van der Waals surface area (Å²) in [5.74, 6) is 0.519. The van der Waals surface area contributed by atoms with E-state index in [-0.39, 0.29) is 28.8 Å². The summed E-state index contributed by atoms with van der Waals surface area (Å²) in [4.78, 5) is 36.3. The molecule has 0 aliphatic heterocycles. The van der Waals surface area contributed by atoms with Crippen molar-refractivity contribution >= 4 is 18.5 Å². The molecule has 31 heavy (non-hydrogen) atoms. The Balaban J connectivity index is 1.85. The molecule has 0 radical (unpaired) electrons. The van der Waals surface area contributed by atoms with Crippen LogP contribution in [0.5, 0.6) is 0 Å². The molecule has 172 valence electrons. The number of aldehydes is 2. The van der Waals surface area contributed by atoms with Gasteiger partial charge in [-0.05, 0) is 78.1 Å². The van der Waals surface area contributed by atoms with E-state index in [0.29, 0.717) is 22.8 Å². The van der Waals surface area contributed by atoms with Gasteiger partial charge in [0.25, 0.3) is 0 Å². The van der Waals surface area contributed by atoms with Gasteiger partial charge < -0.3 is 9.53 Å². The van der Waals surface area contributed by atoms with Crippen LogP contribution >= 0.6 is 0 Å². The van der Waals surface area contributed by atoms with Gasteiger partial charge in [-0.3, -0.25) is 9.59 Å². The molecule has 4 heteroatoms. The molecule has 4 aliphatic rings. The highest BCUT2D eigenvalue weighted by molar-refractivity contribution is 5.82. The quantitative estimate of drug-likeness (QED) is 0.437. The molecule has 3 fully saturated rings. The van der Waals surface area contributed by atoms with Crippen molar-refractivity contribution in [2.45, 2.75) is 92.6 Å². The molecule has 0 aromatic carbocycles. The van der Waals surface area contributed by atoms with Crippen molar-refractivity contribution in [3.8, 4) is 0 Å². The van der Waals surface area contributed by atoms with Crippen molar-refractivity contribution in [2.75, 3.05) is 0 Å². The summed E-state index contributed by atoms with van der Waals surface area (Å²) in [7, 11) is 0. The summed E-state index contributed by atoms with van der Waals surface area (Å²) >= 11 is 0. The molecule has 0 N–H and O–H groups in total. The monoisotopic (exact) mass is 428 g/mol. The lowest BCUT2D eigenvalue weighted by Gasteiger charge is -2.70. The number of carbonyl (C=O) groups excluding carboxylic acids is 3. The maximum Gasteiger partial charge on any atom is 0.302 e. The third kappa shape index (κ3) is 3.03. The van der Waals surface area contributed by atoms with E-state index in [9.17, 15) is 14.4 Å². The summed E-state index contributed by atoms with van der Waals surface area (Å²) in [5.41, 5.74) is 0.619. The van der Waals surface area contributed by atoms with Gasteiger partial charge in [-0.1, -0.05) is 47.1 Å². The second kappa shape index (κ2) is 7.28. The molecule has 0 saturated heterocycles. The molecular weight excluding hydrogens is 388 g/mol. The minimum atomic E-state index is -0.545. The molecule has 0 aromatic rings. The third-order valence-electron chi connectivity index (χ3n) is 10.7. The van der Waals surface area contributed by atoms with Gasteiger partial charge in [-0.2, -0.15) is 0 Å². The number of esters is 1. The molecule has 4 nitrogen and oxygen atoms in total. The second-order valence-electron chi connectivity index (χ2n) is 12.4. The number of allylic oxidation sites excluding steroid dienone is 2. The predicted octanol–water partition coefficient (Wildman–Crippen LogP) is 5.54. The van der Waals surface area contributed by atoms with Crippen LogP contribution in [-0.2, 0) is 19.1 Å². The van der Waals surface area contributed by atoms with Crippen molar-refractivity contribution in [1.29, 1.82) is 0 Å². The molecule has 6 unspecified atom stereocenters. The Morgan fingerprint density at radius 1 is 1.00 bits per heavy atom. The van der Waals surface area contributed by atoms with Crippen molar-refractivity contribution < 1.29 is 19.1 Å². The standard InChI is InChI=1S/C27H40O4/c1-17(30)31-23-14-22-25(4)12-7-11-24(2,3)20(25)10-13-26(22,5)21-9-8-18(15-28)19(16-29)27(21,23)6/h8,15-16,19-23H,7,9-14H2,1-6H3/t19-,20?,21?,22?,23-,25?,26?,27?/m0/s1. The van der Waals surface area contributed by atoms with Crippen LogP contribution in [0, 0.1) is 45.3 Å². The molecule has 8 atom stereocenters. The van der Waals surface area contributed by atoms with Crippen LogP contribution in [0.25, 0.3) is 0 Å². The number of hydrogen-bond acceptors (Lipinski definition) is 4. The lowest BCUT2D eigenvalue weighted by Crippen LogP contribution is -2.67. The van der Waals surface area contributed by atoms with Crippen molar-refractivity contribution in [2.24, 2.45) is 45.3 Å². The van der Waals surface area contributed by atoms with Crippen molar-refractivity contribution in [1.82, 2.24) is 0 Å². The Bertz CT molecular complexity index is 812. The van der Waals surface area contributed by atoms with Gasteiger partial charge in [-0.15, -0.1) is 0 Å². The number of carbonyl (C=O) groups is 3. The Morgan fingerprint density at radius 3 is 2.29 bits per heavy atom. The highest BCUT2D eigenvalue weighted by atomic mass is 16.5. The minimum absolute atomic E-state index is 0.0657. The zero-order valence-electron chi connectivity index (χ0n) is 20.2. The Hall–Kier alpha value is -1.45. The topological polar surface area (TPSA) is 60.4 Å². The lowest BCUT2D eigenvalue weighted by molar-refractivity contribution is -0.238. The van der Waals surface area contributed by atoms with Gasteiger partial charge in [0.1, 0.15) is 18.7 Å². The normalized spacial score (nSPS) is 48.3. The fourth-order valence-electron chi connectivity index (χ4n) is 9.45. The number of hydrogen-bond donors (Lipinski definition) is 0. The van der Waals surface area contributed by atoms with Crippen molar-refractivity contribution in [3.05, 3.63) is 11.6 Å². The number of ether oxygens (including phenoxy) is 1. The average Bonchev–Trinajstić information content (AvgIpc) is 2.67. The van der Waals surface area contributed by atoms with Gasteiger partial charge in [0.2, 0.25) is 0 Å². The summed E-state index contributed by atoms with van der Waals surface area (Å²) in [6, 6.07) is 0. The third-order valence-corrected chi connectivity index (χ3v) is 10.7. The first-order chi connectivity index (χ1) is 14.4. The zero-order valence-corrected chi connectivity index (χ0v) is 20.2. The molecule has 0 spiro atoms. The van der Waals surface area contributed by atoms with Crippen LogP contribution in [0.4, 0.5) is 0 Å². The highest BCUT2D eigenvalue weighted by Crippen LogP contribution is 2.73. The molecule has 4 aliphatic carbocycles. The lowest BCUT2D eigenvalue weighted by atomic mass is 9.35. The van der Waals surface area contributed by atoms with E-state index in [1.807, 2.05) is 6.08 Å². The van der Waals surface area contributed by atoms with E-state index < -0.39 is 11.3 Å². The van der Waals surface area contributed by atoms with Gasteiger partial charge >= 0.3 is 5.97 Å².